The fraction of sp³-hybridized carbons (Fsp3) is 0.312. The van der Waals surface area contributed by atoms with Gasteiger partial charge < -0.3 is 14.8 Å². The minimum Gasteiger partial charge on any atom is -0.351 e. The summed E-state index contributed by atoms with van der Waals surface area (Å²) in [7, 11) is 0. The van der Waals surface area contributed by atoms with Crippen LogP contribution in [0.25, 0.3) is 11.0 Å². The Labute approximate surface area is 133 Å². The van der Waals surface area contributed by atoms with Crippen LogP contribution in [0.4, 0.5) is 16.2 Å². The van der Waals surface area contributed by atoms with Crippen molar-refractivity contribution in [1.82, 2.24) is 19.9 Å². The zero-order chi connectivity index (χ0) is 15.8. The molecule has 0 unspecified atom stereocenters. The van der Waals surface area contributed by atoms with Crippen molar-refractivity contribution < 1.29 is 4.39 Å². The Kier molecular flexibility index (Phi) is 3.33. The molecule has 1 saturated heterocycles. The largest absolute Gasteiger partial charge is 0.351 e. The maximum absolute atomic E-state index is 14.1. The number of aromatic amines is 1. The zero-order valence-corrected chi connectivity index (χ0v) is 12.8. The van der Waals surface area contributed by atoms with Gasteiger partial charge in [-0.15, -0.1) is 0 Å². The minimum atomic E-state index is -0.329. The number of rotatable bonds is 2. The molecule has 0 saturated carbocycles. The molecular weight excluding hydrogens is 295 g/mol. The van der Waals surface area contributed by atoms with Crippen LogP contribution in [-0.2, 0) is 0 Å². The quantitative estimate of drug-likeness (QED) is 0.785. The van der Waals surface area contributed by atoms with E-state index in [1.54, 1.807) is 6.92 Å². The normalized spacial score (nSPS) is 15.4. The molecule has 0 amide bonds. The van der Waals surface area contributed by atoms with Crippen molar-refractivity contribution in [2.24, 2.45) is 0 Å². The van der Waals surface area contributed by atoms with Gasteiger partial charge in [0.1, 0.15) is 6.33 Å². The molecule has 118 valence electrons. The highest BCUT2D eigenvalue weighted by atomic mass is 19.1. The average Bonchev–Trinajstić information content (AvgIpc) is 3.02. The number of benzene rings is 1. The highest BCUT2D eigenvalue weighted by Gasteiger charge is 2.23. The predicted molar refractivity (Wildman–Crippen MR) is 87.2 cm³/mol. The number of nitrogens with zero attached hydrogens (tertiary/aromatic N) is 5. The molecule has 1 aliphatic rings. The molecule has 0 atom stereocenters. The van der Waals surface area contributed by atoms with E-state index in [1.165, 1.54) is 6.33 Å². The van der Waals surface area contributed by atoms with Gasteiger partial charge in [0.05, 0.1) is 16.7 Å². The summed E-state index contributed by atoms with van der Waals surface area (Å²) in [5, 5.41) is 0. The van der Waals surface area contributed by atoms with Gasteiger partial charge in [0.15, 0.2) is 11.6 Å². The Morgan fingerprint density at radius 2 is 1.78 bits per heavy atom. The van der Waals surface area contributed by atoms with Crippen LogP contribution in [0.2, 0.25) is 0 Å². The maximum atomic E-state index is 14.1. The molecule has 7 heteroatoms. The molecule has 3 heterocycles. The van der Waals surface area contributed by atoms with Crippen LogP contribution in [0.1, 0.15) is 5.69 Å². The Balaban J connectivity index is 1.51. The zero-order valence-electron chi connectivity index (χ0n) is 12.8. The van der Waals surface area contributed by atoms with Crippen LogP contribution in [0.5, 0.6) is 0 Å². The Bertz CT molecular complexity index is 804. The number of halogens is 1. The van der Waals surface area contributed by atoms with Gasteiger partial charge >= 0.3 is 0 Å². The second kappa shape index (κ2) is 5.49. The van der Waals surface area contributed by atoms with E-state index in [2.05, 4.69) is 24.8 Å². The summed E-state index contributed by atoms with van der Waals surface area (Å²) in [6.45, 7) is 4.59. The number of hydrogen-bond acceptors (Lipinski definition) is 5. The number of imidazole rings is 1. The molecular formula is C16H17FN6. The monoisotopic (exact) mass is 312 g/mol. The summed E-state index contributed by atoms with van der Waals surface area (Å²) in [5.74, 6) is 0.927. The van der Waals surface area contributed by atoms with Crippen molar-refractivity contribution in [2.75, 3.05) is 36.0 Å². The van der Waals surface area contributed by atoms with Crippen LogP contribution < -0.4 is 9.80 Å². The molecule has 0 aliphatic carbocycles. The number of hydrogen-bond donors (Lipinski definition) is 1. The van der Waals surface area contributed by atoms with E-state index >= 15 is 0 Å². The standard InChI is InChI=1S/C16H17FN6/c1-11-14(17)15(19-10-18-11)22-6-8-23(9-7-22)16-20-12-4-2-3-5-13(12)21-16/h2-5,10H,6-9H2,1H3,(H,20,21). The fourth-order valence-electron chi connectivity index (χ4n) is 2.88. The SMILES string of the molecule is Cc1ncnc(N2CCN(c3nc4ccccc4[nH]3)CC2)c1F. The smallest absolute Gasteiger partial charge is 0.203 e. The Morgan fingerprint density at radius 3 is 2.57 bits per heavy atom. The lowest BCUT2D eigenvalue weighted by Gasteiger charge is -2.35. The van der Waals surface area contributed by atoms with Crippen molar-refractivity contribution in [1.29, 1.82) is 0 Å². The summed E-state index contributed by atoms with van der Waals surface area (Å²) in [5.41, 5.74) is 2.37. The number of aromatic nitrogens is 4. The summed E-state index contributed by atoms with van der Waals surface area (Å²) in [6.07, 6.45) is 1.42. The molecule has 0 bridgehead atoms. The first-order valence-electron chi connectivity index (χ1n) is 7.64. The predicted octanol–water partition coefficient (Wildman–Crippen LogP) is 2.13. The summed E-state index contributed by atoms with van der Waals surface area (Å²) in [6, 6.07) is 7.97. The van der Waals surface area contributed by atoms with E-state index in [9.17, 15) is 4.39 Å². The summed E-state index contributed by atoms with van der Waals surface area (Å²) < 4.78 is 14.1. The number of fused-ring (bicyclic) bond motifs is 1. The molecule has 2 aromatic heterocycles. The van der Waals surface area contributed by atoms with Crippen molar-refractivity contribution in [3.05, 3.63) is 42.1 Å². The second-order valence-electron chi connectivity index (χ2n) is 5.65. The lowest BCUT2D eigenvalue weighted by atomic mass is 10.3. The van der Waals surface area contributed by atoms with Crippen LogP contribution in [0.15, 0.2) is 30.6 Å². The number of H-pyrrole nitrogens is 1. The molecule has 1 aliphatic heterocycles. The van der Waals surface area contributed by atoms with Gasteiger partial charge in [-0.25, -0.2) is 19.3 Å². The highest BCUT2D eigenvalue weighted by molar-refractivity contribution is 5.77. The molecule has 6 nitrogen and oxygen atoms in total. The van der Waals surface area contributed by atoms with Gasteiger partial charge in [-0.05, 0) is 19.1 Å². The summed E-state index contributed by atoms with van der Waals surface area (Å²) >= 11 is 0. The van der Waals surface area contributed by atoms with E-state index in [4.69, 9.17) is 0 Å². The molecule has 3 aromatic rings. The average molecular weight is 312 g/mol. The number of piperazine rings is 1. The molecule has 23 heavy (non-hydrogen) atoms. The minimum absolute atomic E-state index is 0.329. The van der Waals surface area contributed by atoms with Crippen LogP contribution in [0.3, 0.4) is 0 Å². The van der Waals surface area contributed by atoms with Gasteiger partial charge in [0.2, 0.25) is 5.95 Å². The van der Waals surface area contributed by atoms with Gasteiger partial charge in [-0.1, -0.05) is 12.1 Å². The first-order valence-corrected chi connectivity index (χ1v) is 7.64. The fourth-order valence-corrected chi connectivity index (χ4v) is 2.88. The first kappa shape index (κ1) is 13.9. The molecule has 1 N–H and O–H groups in total. The van der Waals surface area contributed by atoms with Crippen LogP contribution in [0, 0.1) is 12.7 Å². The van der Waals surface area contributed by atoms with Gasteiger partial charge in [0, 0.05) is 26.2 Å². The van der Waals surface area contributed by atoms with E-state index in [0.29, 0.717) is 24.6 Å². The number of para-hydroxylation sites is 2. The van der Waals surface area contributed by atoms with Crippen LogP contribution >= 0.6 is 0 Å². The van der Waals surface area contributed by atoms with Gasteiger partial charge in [0.25, 0.3) is 0 Å². The maximum Gasteiger partial charge on any atom is 0.203 e. The van der Waals surface area contributed by atoms with Crippen LogP contribution in [-0.4, -0.2) is 46.1 Å². The third-order valence-electron chi connectivity index (χ3n) is 4.20. The third kappa shape index (κ3) is 2.48. The van der Waals surface area contributed by atoms with E-state index in [-0.39, 0.29) is 5.82 Å². The number of aryl methyl sites for hydroxylation is 1. The second-order valence-corrected chi connectivity index (χ2v) is 5.65. The van der Waals surface area contributed by atoms with Gasteiger partial charge in [-0.2, -0.15) is 0 Å². The van der Waals surface area contributed by atoms with Gasteiger partial charge in [-0.3, -0.25) is 0 Å². The first-order chi connectivity index (χ1) is 11.2. The van der Waals surface area contributed by atoms with E-state index < -0.39 is 0 Å². The Hall–Kier alpha value is -2.70. The molecule has 1 aromatic carbocycles. The lowest BCUT2D eigenvalue weighted by molar-refractivity contribution is 0.572. The third-order valence-corrected chi connectivity index (χ3v) is 4.20. The lowest BCUT2D eigenvalue weighted by Crippen LogP contribution is -2.47. The van der Waals surface area contributed by atoms with Crippen molar-refractivity contribution in [3.8, 4) is 0 Å². The van der Waals surface area contributed by atoms with Crippen molar-refractivity contribution in [2.45, 2.75) is 6.92 Å². The topological polar surface area (TPSA) is 60.9 Å². The molecule has 0 spiro atoms. The van der Waals surface area contributed by atoms with Crippen molar-refractivity contribution >= 4 is 22.8 Å². The molecule has 1 fully saturated rings. The van der Waals surface area contributed by atoms with Crippen molar-refractivity contribution in [3.63, 3.8) is 0 Å². The van der Waals surface area contributed by atoms with E-state index in [0.717, 1.165) is 30.1 Å². The number of anilines is 2. The number of nitrogens with one attached hydrogen (secondary N) is 1. The Morgan fingerprint density at radius 1 is 1.04 bits per heavy atom. The highest BCUT2D eigenvalue weighted by Crippen LogP contribution is 2.22. The summed E-state index contributed by atoms with van der Waals surface area (Å²) in [4.78, 5) is 20.1. The van der Waals surface area contributed by atoms with E-state index in [1.807, 2.05) is 29.2 Å². The molecule has 4 rings (SSSR count). The molecule has 0 radical (unpaired) electrons.